The second-order valence-corrected chi connectivity index (χ2v) is 8.00. The molecule has 0 aliphatic carbocycles. The van der Waals surface area contributed by atoms with Gasteiger partial charge in [-0.25, -0.2) is 14.2 Å². The molecule has 1 fully saturated rings. The SMILES string of the molecule is CC(C)(C)[C@H](NC(=O)n1c(=O)n(CC2CCCO2)c2ccccc21)C(N)=O. The van der Waals surface area contributed by atoms with Gasteiger partial charge in [0.15, 0.2) is 0 Å². The first-order valence-electron chi connectivity index (χ1n) is 9.12. The number of para-hydroxylation sites is 2. The van der Waals surface area contributed by atoms with E-state index in [0.29, 0.717) is 24.2 Å². The molecule has 1 aromatic heterocycles. The van der Waals surface area contributed by atoms with E-state index in [9.17, 15) is 14.4 Å². The van der Waals surface area contributed by atoms with Crippen LogP contribution >= 0.6 is 0 Å². The van der Waals surface area contributed by atoms with Crippen molar-refractivity contribution in [3.63, 3.8) is 0 Å². The zero-order valence-corrected chi connectivity index (χ0v) is 15.9. The number of nitrogens with zero attached hydrogens (tertiary/aromatic N) is 2. The van der Waals surface area contributed by atoms with E-state index in [4.69, 9.17) is 10.5 Å². The lowest BCUT2D eigenvalue weighted by molar-refractivity contribution is -0.122. The Bertz CT molecular complexity index is 916. The fourth-order valence-electron chi connectivity index (χ4n) is 3.48. The van der Waals surface area contributed by atoms with E-state index in [-0.39, 0.29) is 6.10 Å². The highest BCUT2D eigenvalue weighted by Gasteiger charge is 2.32. The molecule has 3 N–H and O–H groups in total. The van der Waals surface area contributed by atoms with Gasteiger partial charge >= 0.3 is 11.7 Å². The maximum atomic E-state index is 13.0. The van der Waals surface area contributed by atoms with Gasteiger partial charge in [-0.15, -0.1) is 0 Å². The number of ether oxygens (including phenoxy) is 1. The Morgan fingerprint density at radius 3 is 2.52 bits per heavy atom. The molecule has 2 aromatic rings. The Balaban J connectivity index is 2.01. The van der Waals surface area contributed by atoms with E-state index in [1.165, 1.54) is 0 Å². The number of aromatic nitrogens is 2. The minimum atomic E-state index is -0.905. The quantitative estimate of drug-likeness (QED) is 0.844. The Morgan fingerprint density at radius 1 is 1.30 bits per heavy atom. The predicted octanol–water partition coefficient (Wildman–Crippen LogP) is 1.44. The number of benzene rings is 1. The number of carbonyl (C=O) groups is 2. The minimum absolute atomic E-state index is 0.0436. The van der Waals surface area contributed by atoms with Crippen molar-refractivity contribution in [2.75, 3.05) is 6.61 Å². The van der Waals surface area contributed by atoms with Crippen molar-refractivity contribution in [3.05, 3.63) is 34.7 Å². The average molecular weight is 374 g/mol. The molecule has 1 aliphatic heterocycles. The summed E-state index contributed by atoms with van der Waals surface area (Å²) in [4.78, 5) is 37.7. The fraction of sp³-hybridized carbons (Fsp3) is 0.526. The first-order valence-corrected chi connectivity index (χ1v) is 9.12. The summed E-state index contributed by atoms with van der Waals surface area (Å²) in [5.41, 5.74) is 5.55. The molecule has 8 heteroatoms. The van der Waals surface area contributed by atoms with Gasteiger partial charge in [0.2, 0.25) is 5.91 Å². The molecule has 8 nitrogen and oxygen atoms in total. The number of carbonyl (C=O) groups excluding carboxylic acids is 2. The monoisotopic (exact) mass is 374 g/mol. The molecular formula is C19H26N4O4. The van der Waals surface area contributed by atoms with Gasteiger partial charge in [-0.1, -0.05) is 32.9 Å². The summed E-state index contributed by atoms with van der Waals surface area (Å²) in [5, 5.41) is 2.62. The molecule has 3 rings (SSSR count). The van der Waals surface area contributed by atoms with Crippen LogP contribution in [-0.2, 0) is 16.1 Å². The standard InChI is InChI=1S/C19H26N4O4/c1-19(2,3)15(16(20)24)21-17(25)23-14-9-5-4-8-13(14)22(18(23)26)11-12-7-6-10-27-12/h4-5,8-9,12,15H,6-7,10-11H2,1-3H3,(H2,20,24)(H,21,25)/t12?,15-/m1/s1. The van der Waals surface area contributed by atoms with Crippen LogP contribution in [0, 0.1) is 5.41 Å². The molecule has 1 aliphatic rings. The number of nitrogens with two attached hydrogens (primary N) is 1. The Hall–Kier alpha value is -2.61. The lowest BCUT2D eigenvalue weighted by Gasteiger charge is -2.28. The molecule has 1 aromatic carbocycles. The largest absolute Gasteiger partial charge is 0.376 e. The topological polar surface area (TPSA) is 108 Å². The van der Waals surface area contributed by atoms with Crippen molar-refractivity contribution < 1.29 is 14.3 Å². The number of hydrogen-bond acceptors (Lipinski definition) is 4. The van der Waals surface area contributed by atoms with Crippen molar-refractivity contribution in [2.45, 2.75) is 52.3 Å². The smallest absolute Gasteiger partial charge is 0.337 e. The lowest BCUT2D eigenvalue weighted by atomic mass is 9.86. The van der Waals surface area contributed by atoms with Gasteiger partial charge in [-0.05, 0) is 30.4 Å². The summed E-state index contributed by atoms with van der Waals surface area (Å²) in [6, 6.07) is 5.51. The van der Waals surface area contributed by atoms with Crippen molar-refractivity contribution >= 4 is 23.0 Å². The Morgan fingerprint density at radius 2 is 1.96 bits per heavy atom. The summed E-state index contributed by atoms with van der Waals surface area (Å²) in [5.74, 6) is -0.646. The molecule has 0 radical (unpaired) electrons. The van der Waals surface area contributed by atoms with Crippen LogP contribution < -0.4 is 16.7 Å². The van der Waals surface area contributed by atoms with Gasteiger partial charge in [0.25, 0.3) is 0 Å². The van der Waals surface area contributed by atoms with Crippen molar-refractivity contribution in [3.8, 4) is 0 Å². The molecule has 0 bridgehead atoms. The van der Waals surface area contributed by atoms with Crippen LogP contribution in [0.5, 0.6) is 0 Å². The van der Waals surface area contributed by atoms with E-state index in [0.717, 1.165) is 17.4 Å². The van der Waals surface area contributed by atoms with Gasteiger partial charge in [0.1, 0.15) is 6.04 Å². The van der Waals surface area contributed by atoms with Gasteiger partial charge < -0.3 is 15.8 Å². The Kier molecular flexibility index (Phi) is 5.10. The molecule has 2 heterocycles. The van der Waals surface area contributed by atoms with Gasteiger partial charge in [0, 0.05) is 6.61 Å². The zero-order valence-electron chi connectivity index (χ0n) is 15.9. The molecule has 1 unspecified atom stereocenters. The number of imidazole rings is 1. The molecule has 1 saturated heterocycles. The van der Waals surface area contributed by atoms with Gasteiger partial charge in [-0.2, -0.15) is 0 Å². The van der Waals surface area contributed by atoms with E-state index in [1.54, 1.807) is 43.5 Å². The summed E-state index contributed by atoms with van der Waals surface area (Å²) in [6.45, 7) is 6.47. The number of fused-ring (bicyclic) bond motifs is 1. The van der Waals surface area contributed by atoms with Crippen molar-refractivity contribution in [1.29, 1.82) is 0 Å². The van der Waals surface area contributed by atoms with E-state index >= 15 is 0 Å². The average Bonchev–Trinajstić information content (AvgIpc) is 3.19. The third kappa shape index (κ3) is 3.75. The molecule has 2 atom stereocenters. The highest BCUT2D eigenvalue weighted by atomic mass is 16.5. The molecule has 27 heavy (non-hydrogen) atoms. The van der Waals surface area contributed by atoms with E-state index < -0.39 is 29.1 Å². The van der Waals surface area contributed by atoms with Crippen LogP contribution in [0.3, 0.4) is 0 Å². The maximum Gasteiger partial charge on any atom is 0.337 e. The second-order valence-electron chi connectivity index (χ2n) is 8.00. The molecule has 146 valence electrons. The second kappa shape index (κ2) is 7.19. The number of amides is 2. The summed E-state index contributed by atoms with van der Waals surface area (Å²) < 4.78 is 8.26. The minimum Gasteiger partial charge on any atom is -0.376 e. The molecule has 2 amide bonds. The summed E-state index contributed by atoms with van der Waals surface area (Å²) >= 11 is 0. The molecule has 0 saturated carbocycles. The summed E-state index contributed by atoms with van der Waals surface area (Å²) in [7, 11) is 0. The number of rotatable bonds is 4. The van der Waals surface area contributed by atoms with Gasteiger partial charge in [-0.3, -0.25) is 9.36 Å². The van der Waals surface area contributed by atoms with Crippen LogP contribution in [0.15, 0.2) is 29.1 Å². The normalized spacial score (nSPS) is 18.6. The first kappa shape index (κ1) is 19.2. The van der Waals surface area contributed by atoms with Crippen LogP contribution in [0.1, 0.15) is 33.6 Å². The maximum absolute atomic E-state index is 13.0. The van der Waals surface area contributed by atoms with Crippen LogP contribution in [0.2, 0.25) is 0 Å². The van der Waals surface area contributed by atoms with Gasteiger partial charge in [0.05, 0.1) is 23.7 Å². The van der Waals surface area contributed by atoms with Crippen LogP contribution in [0.4, 0.5) is 4.79 Å². The predicted molar refractivity (Wildman–Crippen MR) is 102 cm³/mol. The highest BCUT2D eigenvalue weighted by molar-refractivity contribution is 5.92. The number of nitrogens with one attached hydrogen (secondary N) is 1. The third-order valence-electron chi connectivity index (χ3n) is 4.87. The zero-order chi connectivity index (χ0) is 19.8. The van der Waals surface area contributed by atoms with Crippen molar-refractivity contribution in [1.82, 2.24) is 14.5 Å². The first-order chi connectivity index (χ1) is 12.7. The van der Waals surface area contributed by atoms with E-state index in [1.807, 2.05) is 6.07 Å². The number of primary amides is 1. The lowest BCUT2D eigenvalue weighted by Crippen LogP contribution is -2.54. The third-order valence-corrected chi connectivity index (χ3v) is 4.87. The Labute approximate surface area is 157 Å². The fourth-order valence-corrected chi connectivity index (χ4v) is 3.48. The van der Waals surface area contributed by atoms with Crippen LogP contribution in [-0.4, -0.2) is 39.8 Å². The summed E-state index contributed by atoms with van der Waals surface area (Å²) in [6.07, 6.45) is 1.80. The van der Waals surface area contributed by atoms with Crippen molar-refractivity contribution in [2.24, 2.45) is 11.1 Å². The van der Waals surface area contributed by atoms with E-state index in [2.05, 4.69) is 5.32 Å². The highest BCUT2D eigenvalue weighted by Crippen LogP contribution is 2.20. The number of hydrogen-bond donors (Lipinski definition) is 2. The van der Waals surface area contributed by atoms with Crippen LogP contribution in [0.25, 0.3) is 11.0 Å². The molecule has 0 spiro atoms. The molecular weight excluding hydrogens is 348 g/mol.